The van der Waals surface area contributed by atoms with E-state index in [1.165, 1.54) is 16.8 Å². The summed E-state index contributed by atoms with van der Waals surface area (Å²) in [6, 6.07) is 9.17. The second-order valence-electron chi connectivity index (χ2n) is 6.70. The van der Waals surface area contributed by atoms with E-state index >= 15 is 0 Å². The number of alkyl halides is 3. The molecule has 148 valence electrons. The number of pyridine rings is 1. The Bertz CT molecular complexity index is 996. The van der Waals surface area contributed by atoms with Gasteiger partial charge in [0.25, 0.3) is 0 Å². The summed E-state index contributed by atoms with van der Waals surface area (Å²) in [6.45, 7) is 5.51. The van der Waals surface area contributed by atoms with E-state index in [2.05, 4.69) is 15.4 Å². The fourth-order valence-corrected chi connectivity index (χ4v) is 3.05. The summed E-state index contributed by atoms with van der Waals surface area (Å²) in [5.41, 5.74) is 2.38. The molecule has 3 rings (SSSR count). The van der Waals surface area contributed by atoms with Crippen molar-refractivity contribution in [3.8, 4) is 11.4 Å². The van der Waals surface area contributed by atoms with Crippen LogP contribution in [-0.2, 0) is 19.3 Å². The van der Waals surface area contributed by atoms with E-state index in [0.29, 0.717) is 11.4 Å². The van der Waals surface area contributed by atoms with Crippen LogP contribution in [0.15, 0.2) is 36.4 Å². The first kappa shape index (κ1) is 19.9. The molecule has 0 atom stereocenters. The highest BCUT2D eigenvalue weighted by Gasteiger charge is 2.33. The second-order valence-corrected chi connectivity index (χ2v) is 6.70. The molecule has 0 unspecified atom stereocenters. The van der Waals surface area contributed by atoms with E-state index in [1.807, 2.05) is 6.07 Å². The number of hydrogen-bond acceptors (Lipinski definition) is 4. The van der Waals surface area contributed by atoms with Crippen molar-refractivity contribution in [2.75, 3.05) is 0 Å². The van der Waals surface area contributed by atoms with Gasteiger partial charge in [0, 0.05) is 24.5 Å². The number of aryl methyl sites for hydroxylation is 3. The summed E-state index contributed by atoms with van der Waals surface area (Å²) in [7, 11) is 0. The average Bonchev–Trinajstić information content (AvgIpc) is 2.95. The van der Waals surface area contributed by atoms with Crippen LogP contribution >= 0.6 is 0 Å². The molecular weight excluding hydrogens is 369 g/mol. The zero-order valence-corrected chi connectivity index (χ0v) is 15.8. The molecule has 3 aromatic rings. The smallest absolute Gasteiger partial charge is 0.416 e. The van der Waals surface area contributed by atoms with Crippen molar-refractivity contribution >= 4 is 0 Å². The maximum Gasteiger partial charge on any atom is 0.416 e. The van der Waals surface area contributed by atoms with Gasteiger partial charge >= 0.3 is 6.18 Å². The summed E-state index contributed by atoms with van der Waals surface area (Å²) >= 11 is 0. The molecule has 1 aromatic carbocycles. The topological polar surface area (TPSA) is 63.0 Å². The molecule has 0 radical (unpaired) electrons. The molecule has 0 aliphatic carbocycles. The number of nitrogens with zero attached hydrogens (tertiary/aromatic N) is 3. The van der Waals surface area contributed by atoms with E-state index in [9.17, 15) is 18.3 Å². The van der Waals surface area contributed by atoms with Crippen molar-refractivity contribution < 1.29 is 18.3 Å². The van der Waals surface area contributed by atoms with Gasteiger partial charge in [0.2, 0.25) is 0 Å². The largest absolute Gasteiger partial charge is 0.506 e. The molecule has 0 aliphatic rings. The summed E-state index contributed by atoms with van der Waals surface area (Å²) < 4.78 is 42.3. The summed E-state index contributed by atoms with van der Waals surface area (Å²) in [5, 5.41) is 17.0. The first-order chi connectivity index (χ1) is 13.1. The predicted molar refractivity (Wildman–Crippen MR) is 99.2 cm³/mol. The molecule has 0 bridgehead atoms. The van der Waals surface area contributed by atoms with Gasteiger partial charge in [-0.25, -0.2) is 4.68 Å². The number of rotatable bonds is 5. The van der Waals surface area contributed by atoms with E-state index in [4.69, 9.17) is 0 Å². The predicted octanol–water partition coefficient (Wildman–Crippen LogP) is 4.21. The molecule has 0 saturated carbocycles. The molecule has 5 nitrogen and oxygen atoms in total. The highest BCUT2D eigenvalue weighted by molar-refractivity contribution is 5.43. The first-order valence-corrected chi connectivity index (χ1v) is 8.75. The Kier molecular flexibility index (Phi) is 5.42. The molecule has 2 heterocycles. The monoisotopic (exact) mass is 390 g/mol. The van der Waals surface area contributed by atoms with Crippen molar-refractivity contribution in [2.45, 2.75) is 40.0 Å². The van der Waals surface area contributed by atoms with Gasteiger partial charge in [-0.05, 0) is 56.7 Å². The minimum absolute atomic E-state index is 0.00835. The number of aromatic hydroxyl groups is 1. The molecule has 0 spiro atoms. The Morgan fingerprint density at radius 2 is 1.75 bits per heavy atom. The molecule has 0 saturated heterocycles. The van der Waals surface area contributed by atoms with Crippen LogP contribution in [0, 0.1) is 20.8 Å². The van der Waals surface area contributed by atoms with Crippen LogP contribution in [0.4, 0.5) is 13.2 Å². The maximum absolute atomic E-state index is 13.6. The van der Waals surface area contributed by atoms with Gasteiger partial charge in [0.1, 0.15) is 5.75 Å². The van der Waals surface area contributed by atoms with Gasteiger partial charge < -0.3 is 10.4 Å². The summed E-state index contributed by atoms with van der Waals surface area (Å²) in [5.74, 6) is 0.00835. The Balaban J connectivity index is 1.84. The zero-order chi connectivity index (χ0) is 20.5. The molecule has 28 heavy (non-hydrogen) atoms. The van der Waals surface area contributed by atoms with E-state index < -0.39 is 11.7 Å². The SMILES string of the molecule is Cc1ccc(O)c(CNCc2ccc(-n3nc(C)cc3C)cc2C(F)(F)F)n1. The number of benzene rings is 1. The highest BCUT2D eigenvalue weighted by atomic mass is 19.4. The first-order valence-electron chi connectivity index (χ1n) is 8.75. The lowest BCUT2D eigenvalue weighted by Gasteiger charge is -2.16. The minimum Gasteiger partial charge on any atom is -0.506 e. The van der Waals surface area contributed by atoms with Crippen molar-refractivity contribution in [1.29, 1.82) is 0 Å². The van der Waals surface area contributed by atoms with Crippen molar-refractivity contribution in [2.24, 2.45) is 0 Å². The van der Waals surface area contributed by atoms with Crippen LogP contribution in [0.2, 0.25) is 0 Å². The van der Waals surface area contributed by atoms with Crippen LogP contribution < -0.4 is 5.32 Å². The second kappa shape index (κ2) is 7.63. The van der Waals surface area contributed by atoms with Crippen LogP contribution in [0.1, 0.15) is 33.9 Å². The molecular formula is C20H21F3N4O. The number of halogens is 3. The van der Waals surface area contributed by atoms with Crippen LogP contribution in [-0.4, -0.2) is 19.9 Å². The van der Waals surface area contributed by atoms with Gasteiger partial charge in [0.05, 0.1) is 22.6 Å². The lowest BCUT2D eigenvalue weighted by Crippen LogP contribution is -2.18. The molecule has 0 fully saturated rings. The van der Waals surface area contributed by atoms with Crippen molar-refractivity contribution in [3.05, 3.63) is 70.3 Å². The van der Waals surface area contributed by atoms with Crippen molar-refractivity contribution in [3.63, 3.8) is 0 Å². The number of nitrogens with one attached hydrogen (secondary N) is 1. The lowest BCUT2D eigenvalue weighted by atomic mass is 10.1. The molecule has 0 aliphatic heterocycles. The number of aromatic nitrogens is 3. The van der Waals surface area contributed by atoms with Gasteiger partial charge in [-0.1, -0.05) is 6.07 Å². The highest BCUT2D eigenvalue weighted by Crippen LogP contribution is 2.33. The fraction of sp³-hybridized carbons (Fsp3) is 0.300. The van der Waals surface area contributed by atoms with Gasteiger partial charge in [-0.2, -0.15) is 18.3 Å². The van der Waals surface area contributed by atoms with E-state index in [1.54, 1.807) is 32.9 Å². The van der Waals surface area contributed by atoms with Crippen LogP contribution in [0.5, 0.6) is 5.75 Å². The van der Waals surface area contributed by atoms with Crippen molar-refractivity contribution in [1.82, 2.24) is 20.1 Å². The third kappa shape index (κ3) is 4.33. The average molecular weight is 390 g/mol. The van der Waals surface area contributed by atoms with Crippen LogP contribution in [0.25, 0.3) is 5.69 Å². The lowest BCUT2D eigenvalue weighted by molar-refractivity contribution is -0.138. The van der Waals surface area contributed by atoms with Gasteiger partial charge in [-0.3, -0.25) is 4.98 Å². The third-order valence-corrected chi connectivity index (χ3v) is 4.35. The minimum atomic E-state index is -4.49. The van der Waals surface area contributed by atoms with E-state index in [-0.39, 0.29) is 24.4 Å². The third-order valence-electron chi connectivity index (χ3n) is 4.35. The summed E-state index contributed by atoms with van der Waals surface area (Å²) in [6.07, 6.45) is -4.49. The van der Waals surface area contributed by atoms with Gasteiger partial charge in [0.15, 0.2) is 0 Å². The Labute approximate surface area is 160 Å². The fourth-order valence-electron chi connectivity index (χ4n) is 3.05. The molecule has 0 amide bonds. The van der Waals surface area contributed by atoms with Crippen LogP contribution in [0.3, 0.4) is 0 Å². The Morgan fingerprint density at radius 1 is 1.00 bits per heavy atom. The summed E-state index contributed by atoms with van der Waals surface area (Å²) in [4.78, 5) is 4.19. The molecule has 2 aromatic heterocycles. The zero-order valence-electron chi connectivity index (χ0n) is 15.8. The normalized spacial score (nSPS) is 11.8. The number of hydrogen-bond donors (Lipinski definition) is 2. The molecule has 2 N–H and O–H groups in total. The van der Waals surface area contributed by atoms with Gasteiger partial charge in [-0.15, -0.1) is 0 Å². The molecule has 8 heteroatoms. The maximum atomic E-state index is 13.6. The Morgan fingerprint density at radius 3 is 2.39 bits per heavy atom. The van der Waals surface area contributed by atoms with E-state index in [0.717, 1.165) is 23.1 Å². The quantitative estimate of drug-likeness (QED) is 0.685. The Hall–Kier alpha value is -2.87. The standard InChI is InChI=1S/C20H21F3N4O/c1-12-4-7-19(28)18(25-12)11-24-10-15-5-6-16(9-17(15)20(21,22)23)27-14(3)8-13(2)26-27/h4-9,24,28H,10-11H2,1-3H3.